The Hall–Kier alpha value is -1.07. The second kappa shape index (κ2) is 29.1. The molecule has 0 spiro atoms. The summed E-state index contributed by atoms with van der Waals surface area (Å²) in [7, 11) is 0. The van der Waals surface area contributed by atoms with Gasteiger partial charge in [0.2, 0.25) is 0 Å². The minimum absolute atomic E-state index is 0.121. The molecule has 45 heavy (non-hydrogen) atoms. The average Bonchev–Trinajstić information content (AvgIpc) is 3.04. The highest BCUT2D eigenvalue weighted by molar-refractivity contribution is 5.69. The molecule has 0 amide bonds. The fourth-order valence-electron chi connectivity index (χ4n) is 5.52. The molecule has 0 radical (unpaired) electrons. The number of carbonyl (C=O) groups is 1. The van der Waals surface area contributed by atoms with Gasteiger partial charge < -0.3 is 39.4 Å². The Morgan fingerprint density at radius 3 is 1.71 bits per heavy atom. The van der Waals surface area contributed by atoms with Crippen LogP contribution in [0.25, 0.3) is 0 Å². The first kappa shape index (κ1) is 42.0. The third kappa shape index (κ3) is 21.4. The number of esters is 1. The number of unbranched alkanes of at least 4 members (excludes halogenated alkanes) is 18. The molecule has 9 heteroatoms. The lowest BCUT2D eigenvalue weighted by molar-refractivity contribution is -0.305. The van der Waals surface area contributed by atoms with E-state index in [1.54, 1.807) is 6.92 Å². The largest absolute Gasteiger partial charge is 0.457 e. The van der Waals surface area contributed by atoms with Crippen molar-refractivity contribution in [3.63, 3.8) is 0 Å². The van der Waals surface area contributed by atoms with E-state index >= 15 is 0 Å². The van der Waals surface area contributed by atoms with Gasteiger partial charge in [0.1, 0.15) is 30.5 Å². The Bertz CT molecular complexity index is 702. The summed E-state index contributed by atoms with van der Waals surface area (Å²) in [5.41, 5.74) is 0. The lowest BCUT2D eigenvalue weighted by Gasteiger charge is -2.39. The number of ether oxygens (including phenoxy) is 4. The van der Waals surface area contributed by atoms with Crippen LogP contribution < -0.4 is 0 Å². The van der Waals surface area contributed by atoms with Crippen LogP contribution in [0, 0.1) is 0 Å². The Morgan fingerprint density at radius 1 is 0.689 bits per heavy atom. The summed E-state index contributed by atoms with van der Waals surface area (Å²) >= 11 is 0. The van der Waals surface area contributed by atoms with Crippen molar-refractivity contribution in [3.8, 4) is 0 Å². The minimum Gasteiger partial charge on any atom is -0.457 e. The highest BCUT2D eigenvalue weighted by Crippen LogP contribution is 2.22. The molecule has 0 saturated carbocycles. The van der Waals surface area contributed by atoms with Gasteiger partial charge in [-0.2, -0.15) is 0 Å². The molecule has 0 aromatic heterocycles. The van der Waals surface area contributed by atoms with E-state index in [-0.39, 0.29) is 19.6 Å². The lowest BCUT2D eigenvalue weighted by atomic mass is 9.99. The summed E-state index contributed by atoms with van der Waals surface area (Å²) in [5, 5.41) is 39.3. The van der Waals surface area contributed by atoms with Gasteiger partial charge in [0.15, 0.2) is 6.29 Å². The molecule has 0 aromatic rings. The molecule has 1 fully saturated rings. The zero-order chi connectivity index (χ0) is 33.0. The number of aliphatic hydroxyl groups excluding tert-OH is 4. The molecule has 6 atom stereocenters. The van der Waals surface area contributed by atoms with E-state index in [2.05, 4.69) is 19.1 Å². The van der Waals surface area contributed by atoms with Crippen LogP contribution in [0.3, 0.4) is 0 Å². The molecule has 4 N–H and O–H groups in total. The summed E-state index contributed by atoms with van der Waals surface area (Å²) < 4.78 is 22.0. The zero-order valence-corrected chi connectivity index (χ0v) is 28.6. The summed E-state index contributed by atoms with van der Waals surface area (Å²) in [4.78, 5) is 11.8. The first-order chi connectivity index (χ1) is 21.9. The maximum Gasteiger partial charge on any atom is 0.305 e. The maximum absolute atomic E-state index is 11.8. The van der Waals surface area contributed by atoms with E-state index in [0.29, 0.717) is 6.61 Å². The second-order valence-electron chi connectivity index (χ2n) is 12.6. The van der Waals surface area contributed by atoms with E-state index in [9.17, 15) is 25.2 Å². The molecular weight excluding hydrogens is 576 g/mol. The van der Waals surface area contributed by atoms with E-state index in [1.165, 1.54) is 116 Å². The first-order valence-corrected chi connectivity index (χ1v) is 18.3. The Kier molecular flexibility index (Phi) is 27.1. The minimum atomic E-state index is -1.53. The third-order valence-corrected chi connectivity index (χ3v) is 8.49. The normalized spacial score (nSPS) is 22.7. The van der Waals surface area contributed by atoms with Crippen molar-refractivity contribution in [1.82, 2.24) is 0 Å². The van der Waals surface area contributed by atoms with Crippen LogP contribution in [0.5, 0.6) is 0 Å². The van der Waals surface area contributed by atoms with Crippen molar-refractivity contribution in [2.45, 2.75) is 185 Å². The first-order valence-electron chi connectivity index (χ1n) is 18.3. The van der Waals surface area contributed by atoms with Crippen molar-refractivity contribution >= 4 is 5.97 Å². The van der Waals surface area contributed by atoms with Gasteiger partial charge in [-0.05, 0) is 32.1 Å². The maximum atomic E-state index is 11.8. The second-order valence-corrected chi connectivity index (χ2v) is 12.6. The third-order valence-electron chi connectivity index (χ3n) is 8.49. The van der Waals surface area contributed by atoms with E-state index in [4.69, 9.17) is 18.9 Å². The topological polar surface area (TPSA) is 135 Å². The van der Waals surface area contributed by atoms with Gasteiger partial charge in [-0.3, -0.25) is 4.79 Å². The van der Waals surface area contributed by atoms with Gasteiger partial charge in [-0.1, -0.05) is 122 Å². The van der Waals surface area contributed by atoms with E-state index < -0.39 is 49.4 Å². The SMILES string of the molecule is CCCCCCCCCC/C=C\CCCCCCCCCCCCOCC(COC1OC(CO)C(O)C(O)C1O)OC(=O)CC. The molecule has 1 aliphatic heterocycles. The van der Waals surface area contributed by atoms with Gasteiger partial charge in [-0.15, -0.1) is 0 Å². The molecule has 0 aromatic carbocycles. The summed E-state index contributed by atoms with van der Waals surface area (Å²) in [6.07, 6.45) is 23.4. The molecule has 1 saturated heterocycles. The summed E-state index contributed by atoms with van der Waals surface area (Å²) in [6.45, 7) is 3.99. The monoisotopic (exact) mass is 644 g/mol. The van der Waals surface area contributed by atoms with E-state index in [1.807, 2.05) is 0 Å². The van der Waals surface area contributed by atoms with Crippen LogP contribution in [0.1, 0.15) is 149 Å². The molecule has 1 aliphatic rings. The quantitative estimate of drug-likeness (QED) is 0.0392. The molecule has 266 valence electrons. The molecule has 6 unspecified atom stereocenters. The number of hydrogen-bond donors (Lipinski definition) is 4. The van der Waals surface area contributed by atoms with Gasteiger partial charge >= 0.3 is 5.97 Å². The van der Waals surface area contributed by atoms with Crippen LogP contribution in [-0.2, 0) is 23.7 Å². The summed E-state index contributed by atoms with van der Waals surface area (Å²) in [5.74, 6) is -0.401. The number of hydrogen-bond acceptors (Lipinski definition) is 9. The smallest absolute Gasteiger partial charge is 0.305 e. The highest BCUT2D eigenvalue weighted by Gasteiger charge is 2.44. The van der Waals surface area contributed by atoms with Gasteiger partial charge in [0.05, 0.1) is 19.8 Å². The van der Waals surface area contributed by atoms with Crippen molar-refractivity contribution in [1.29, 1.82) is 0 Å². The molecule has 1 rings (SSSR count). The Morgan fingerprint density at radius 2 is 1.20 bits per heavy atom. The van der Waals surface area contributed by atoms with E-state index in [0.717, 1.165) is 12.8 Å². The van der Waals surface area contributed by atoms with Gasteiger partial charge in [-0.25, -0.2) is 0 Å². The predicted octanol–water partition coefficient (Wildman–Crippen LogP) is 6.52. The van der Waals surface area contributed by atoms with Crippen molar-refractivity contribution in [3.05, 3.63) is 12.2 Å². The van der Waals surface area contributed by atoms with Gasteiger partial charge in [0.25, 0.3) is 0 Å². The number of allylic oxidation sites excluding steroid dienone is 2. The molecule has 1 heterocycles. The van der Waals surface area contributed by atoms with Crippen molar-refractivity contribution in [2.24, 2.45) is 0 Å². The zero-order valence-electron chi connectivity index (χ0n) is 28.6. The van der Waals surface area contributed by atoms with Crippen LogP contribution in [0.15, 0.2) is 12.2 Å². The summed E-state index contributed by atoms with van der Waals surface area (Å²) in [6, 6.07) is 0. The Balaban J connectivity index is 1.99. The highest BCUT2D eigenvalue weighted by atomic mass is 16.7. The van der Waals surface area contributed by atoms with Crippen LogP contribution in [-0.4, -0.2) is 89.6 Å². The Labute approximate surface area is 274 Å². The predicted molar refractivity (Wildman–Crippen MR) is 178 cm³/mol. The fraction of sp³-hybridized carbons (Fsp3) is 0.917. The molecule has 9 nitrogen and oxygen atoms in total. The standard InChI is InChI=1S/C36H68O9/c1-3-5-6-7-8-9-10-11-12-13-14-15-16-17-18-19-20-21-22-23-24-25-26-42-28-30(44-32(38)4-2)29-43-36-35(41)34(40)33(39)31(27-37)45-36/h13-14,30-31,33-37,39-41H,3-12,15-29H2,1-2H3/b14-13-. The van der Waals surface area contributed by atoms with Crippen LogP contribution in [0.2, 0.25) is 0 Å². The average molecular weight is 645 g/mol. The van der Waals surface area contributed by atoms with Crippen molar-refractivity contribution < 1.29 is 44.2 Å². The molecular formula is C36H68O9. The molecule has 0 bridgehead atoms. The molecule has 0 aliphatic carbocycles. The lowest BCUT2D eigenvalue weighted by Crippen LogP contribution is -2.59. The number of carbonyl (C=O) groups excluding carboxylic acids is 1. The van der Waals surface area contributed by atoms with Gasteiger partial charge in [0, 0.05) is 13.0 Å². The van der Waals surface area contributed by atoms with Crippen LogP contribution >= 0.6 is 0 Å². The fourth-order valence-corrected chi connectivity index (χ4v) is 5.52. The van der Waals surface area contributed by atoms with Crippen molar-refractivity contribution in [2.75, 3.05) is 26.4 Å². The number of aliphatic hydroxyl groups is 4. The van der Waals surface area contributed by atoms with Crippen LogP contribution in [0.4, 0.5) is 0 Å². The number of rotatable bonds is 30.